The maximum absolute atomic E-state index is 12.0. The number of carbonyl (C=O) groups is 3. The molecule has 1 unspecified atom stereocenters. The van der Waals surface area contributed by atoms with E-state index in [-0.39, 0.29) is 29.5 Å². The van der Waals surface area contributed by atoms with Crippen LogP contribution in [0.5, 0.6) is 0 Å². The van der Waals surface area contributed by atoms with Gasteiger partial charge in [-0.2, -0.15) is 11.8 Å². The van der Waals surface area contributed by atoms with E-state index in [1.54, 1.807) is 11.8 Å². The van der Waals surface area contributed by atoms with Crippen LogP contribution in [-0.4, -0.2) is 53.9 Å². The molecule has 0 aliphatic carbocycles. The molecule has 1 rings (SSSR count). The zero-order valence-electron chi connectivity index (χ0n) is 11.8. The predicted octanol–water partition coefficient (Wildman–Crippen LogP) is 0.397. The molecule has 0 aromatic carbocycles. The van der Waals surface area contributed by atoms with Crippen molar-refractivity contribution in [2.45, 2.75) is 26.2 Å². The number of hydrogen-bond acceptors (Lipinski definition) is 5. The van der Waals surface area contributed by atoms with Gasteiger partial charge >= 0.3 is 5.97 Å². The van der Waals surface area contributed by atoms with Crippen LogP contribution in [0.3, 0.4) is 0 Å². The fraction of sp³-hybridized carbons (Fsp3) is 0.769. The number of thioether (sulfide) groups is 1. The summed E-state index contributed by atoms with van der Waals surface area (Å²) < 4.78 is 5.00. The maximum atomic E-state index is 12.0. The third kappa shape index (κ3) is 5.81. The van der Waals surface area contributed by atoms with Crippen LogP contribution >= 0.6 is 11.8 Å². The molecule has 0 saturated carbocycles. The Labute approximate surface area is 123 Å². The van der Waals surface area contributed by atoms with Crippen molar-refractivity contribution < 1.29 is 19.1 Å². The summed E-state index contributed by atoms with van der Waals surface area (Å²) in [6, 6.07) is 0. The lowest BCUT2D eigenvalue weighted by molar-refractivity contribution is -0.151. The Morgan fingerprint density at radius 2 is 2.15 bits per heavy atom. The van der Waals surface area contributed by atoms with E-state index in [9.17, 15) is 14.4 Å². The van der Waals surface area contributed by atoms with Gasteiger partial charge in [0.2, 0.25) is 11.8 Å². The topological polar surface area (TPSA) is 89.7 Å². The number of piperidine rings is 1. The van der Waals surface area contributed by atoms with Crippen LogP contribution < -0.4 is 5.73 Å². The highest BCUT2D eigenvalue weighted by Crippen LogP contribution is 2.19. The van der Waals surface area contributed by atoms with Gasteiger partial charge in [0.25, 0.3) is 0 Å². The van der Waals surface area contributed by atoms with Crippen molar-refractivity contribution in [2.24, 2.45) is 11.7 Å². The van der Waals surface area contributed by atoms with Gasteiger partial charge in [-0.3, -0.25) is 14.4 Å². The average Bonchev–Trinajstić information content (AvgIpc) is 2.43. The summed E-state index contributed by atoms with van der Waals surface area (Å²) in [4.78, 5) is 36.0. The van der Waals surface area contributed by atoms with Gasteiger partial charge in [0.15, 0.2) is 0 Å². The van der Waals surface area contributed by atoms with Gasteiger partial charge in [-0.15, -0.1) is 0 Å². The summed E-state index contributed by atoms with van der Waals surface area (Å²) in [5.41, 5.74) is 5.03. The third-order valence-electron chi connectivity index (χ3n) is 3.10. The first kappa shape index (κ1) is 16.8. The molecule has 1 atom stereocenters. The molecule has 0 bridgehead atoms. The van der Waals surface area contributed by atoms with Crippen molar-refractivity contribution in [2.75, 3.05) is 31.2 Å². The van der Waals surface area contributed by atoms with Gasteiger partial charge in [-0.05, 0) is 19.8 Å². The van der Waals surface area contributed by atoms with Crippen molar-refractivity contribution in [1.29, 1.82) is 0 Å². The normalized spacial score (nSPS) is 18.6. The number of likely N-dealkylation sites (tertiary alicyclic amines) is 1. The number of amides is 2. The Morgan fingerprint density at radius 3 is 2.80 bits per heavy atom. The van der Waals surface area contributed by atoms with Gasteiger partial charge in [-0.1, -0.05) is 0 Å². The minimum absolute atomic E-state index is 0.0240. The quantitative estimate of drug-likeness (QED) is 0.543. The number of rotatable bonds is 7. The zero-order chi connectivity index (χ0) is 15.0. The lowest BCUT2D eigenvalue weighted by atomic mass is 9.98. The number of carbonyl (C=O) groups excluding carboxylic acids is 3. The second kappa shape index (κ2) is 8.84. The Kier molecular flexibility index (Phi) is 7.43. The van der Waals surface area contributed by atoms with Crippen LogP contribution in [0.1, 0.15) is 26.2 Å². The fourth-order valence-corrected chi connectivity index (χ4v) is 2.81. The number of nitrogens with two attached hydrogens (primary N) is 1. The molecule has 0 aromatic heterocycles. The van der Waals surface area contributed by atoms with E-state index in [0.29, 0.717) is 31.9 Å². The Balaban J connectivity index is 2.32. The van der Waals surface area contributed by atoms with Crippen molar-refractivity contribution >= 4 is 29.5 Å². The molecule has 0 spiro atoms. The Hall–Kier alpha value is -1.24. The Morgan fingerprint density at radius 1 is 1.40 bits per heavy atom. The summed E-state index contributed by atoms with van der Waals surface area (Å²) in [7, 11) is 0. The molecule has 1 fully saturated rings. The SMILES string of the molecule is CCOC(=O)C1CCCN(C(=O)CCSCC(N)=O)C1. The van der Waals surface area contributed by atoms with Crippen LogP contribution in [0.2, 0.25) is 0 Å². The second-order valence-electron chi connectivity index (χ2n) is 4.70. The van der Waals surface area contributed by atoms with Crippen molar-refractivity contribution in [3.63, 3.8) is 0 Å². The smallest absolute Gasteiger partial charge is 0.310 e. The van der Waals surface area contributed by atoms with Gasteiger partial charge in [0.05, 0.1) is 18.3 Å². The number of esters is 1. The van der Waals surface area contributed by atoms with Gasteiger partial charge in [0.1, 0.15) is 0 Å². The zero-order valence-corrected chi connectivity index (χ0v) is 12.6. The second-order valence-corrected chi connectivity index (χ2v) is 5.81. The molecule has 0 radical (unpaired) electrons. The molecular weight excluding hydrogens is 280 g/mol. The van der Waals surface area contributed by atoms with Crippen LogP contribution in [0, 0.1) is 5.92 Å². The summed E-state index contributed by atoms with van der Waals surface area (Å²) in [5.74, 6) is 0.0407. The standard InChI is InChI=1S/C13H22N2O4S/c1-2-19-13(18)10-4-3-6-15(8-10)12(17)5-7-20-9-11(14)16/h10H,2-9H2,1H3,(H2,14,16). The van der Waals surface area contributed by atoms with E-state index in [4.69, 9.17) is 10.5 Å². The summed E-state index contributed by atoms with van der Waals surface area (Å²) in [6.07, 6.45) is 1.97. The van der Waals surface area contributed by atoms with E-state index in [0.717, 1.165) is 12.8 Å². The predicted molar refractivity (Wildman–Crippen MR) is 77.1 cm³/mol. The van der Waals surface area contributed by atoms with Gasteiger partial charge < -0.3 is 15.4 Å². The number of hydrogen-bond donors (Lipinski definition) is 1. The van der Waals surface area contributed by atoms with Crippen molar-refractivity contribution in [1.82, 2.24) is 4.90 Å². The first-order chi connectivity index (χ1) is 9.54. The van der Waals surface area contributed by atoms with E-state index in [1.807, 2.05) is 0 Å². The molecule has 1 saturated heterocycles. The monoisotopic (exact) mass is 302 g/mol. The van der Waals surface area contributed by atoms with E-state index < -0.39 is 0 Å². The first-order valence-corrected chi connectivity index (χ1v) is 8.00. The van der Waals surface area contributed by atoms with E-state index >= 15 is 0 Å². The lowest BCUT2D eigenvalue weighted by Gasteiger charge is -2.31. The van der Waals surface area contributed by atoms with Gasteiger partial charge in [-0.25, -0.2) is 0 Å². The molecular formula is C13H22N2O4S. The van der Waals surface area contributed by atoms with Crippen LogP contribution in [-0.2, 0) is 19.1 Å². The molecule has 2 N–H and O–H groups in total. The molecule has 1 aliphatic heterocycles. The Bertz CT molecular complexity index is 362. The molecule has 7 heteroatoms. The molecule has 6 nitrogen and oxygen atoms in total. The fourth-order valence-electron chi connectivity index (χ4n) is 2.15. The highest BCUT2D eigenvalue weighted by molar-refractivity contribution is 7.99. The molecule has 1 heterocycles. The first-order valence-electron chi connectivity index (χ1n) is 6.85. The minimum Gasteiger partial charge on any atom is -0.466 e. The number of ether oxygens (including phenoxy) is 1. The maximum Gasteiger partial charge on any atom is 0.310 e. The number of primary amides is 1. The molecule has 20 heavy (non-hydrogen) atoms. The van der Waals surface area contributed by atoms with Gasteiger partial charge in [0, 0.05) is 25.3 Å². The average molecular weight is 302 g/mol. The lowest BCUT2D eigenvalue weighted by Crippen LogP contribution is -2.43. The number of nitrogens with zero attached hydrogens (tertiary/aromatic N) is 1. The van der Waals surface area contributed by atoms with E-state index in [1.165, 1.54) is 11.8 Å². The molecule has 114 valence electrons. The molecule has 1 aliphatic rings. The largest absolute Gasteiger partial charge is 0.466 e. The van der Waals surface area contributed by atoms with Crippen molar-refractivity contribution in [3.8, 4) is 0 Å². The van der Waals surface area contributed by atoms with Crippen LogP contribution in [0.25, 0.3) is 0 Å². The van der Waals surface area contributed by atoms with Crippen LogP contribution in [0.4, 0.5) is 0 Å². The van der Waals surface area contributed by atoms with Crippen LogP contribution in [0.15, 0.2) is 0 Å². The highest BCUT2D eigenvalue weighted by Gasteiger charge is 2.28. The highest BCUT2D eigenvalue weighted by atomic mass is 32.2. The van der Waals surface area contributed by atoms with E-state index in [2.05, 4.69) is 0 Å². The molecule has 2 amide bonds. The minimum atomic E-state index is -0.372. The summed E-state index contributed by atoms with van der Waals surface area (Å²) in [6.45, 7) is 3.28. The summed E-state index contributed by atoms with van der Waals surface area (Å²) in [5, 5.41) is 0. The van der Waals surface area contributed by atoms with Crippen molar-refractivity contribution in [3.05, 3.63) is 0 Å². The summed E-state index contributed by atoms with van der Waals surface area (Å²) >= 11 is 1.36. The molecule has 0 aromatic rings. The third-order valence-corrected chi connectivity index (χ3v) is 4.08.